The average Bonchev–Trinajstić information content (AvgIpc) is 2.28. The molecule has 0 bridgehead atoms. The van der Waals surface area contributed by atoms with Gasteiger partial charge in [-0.2, -0.15) is 0 Å². The maximum Gasteiger partial charge on any atom is 0.325 e. The van der Waals surface area contributed by atoms with Gasteiger partial charge in [0.2, 0.25) is 0 Å². The molecular formula is C16H25NO2. The zero-order valence-corrected chi connectivity index (χ0v) is 12.3. The molecule has 0 heterocycles. The molecule has 0 amide bonds. The highest BCUT2D eigenvalue weighted by Gasteiger charge is 2.28. The normalized spacial score (nSPS) is 13.2. The molecule has 106 valence electrons. The Morgan fingerprint density at radius 2 is 1.53 bits per heavy atom. The van der Waals surface area contributed by atoms with Crippen molar-refractivity contribution in [2.24, 2.45) is 11.8 Å². The molecule has 0 saturated heterocycles. The summed E-state index contributed by atoms with van der Waals surface area (Å²) < 4.78 is 0. The highest BCUT2D eigenvalue weighted by atomic mass is 16.4. The van der Waals surface area contributed by atoms with Gasteiger partial charge in [0, 0.05) is 13.1 Å². The van der Waals surface area contributed by atoms with Gasteiger partial charge >= 0.3 is 5.97 Å². The largest absolute Gasteiger partial charge is 0.480 e. The Bertz CT molecular complexity index is 377. The minimum absolute atomic E-state index is 0.448. The molecule has 0 aliphatic rings. The summed E-state index contributed by atoms with van der Waals surface area (Å²) in [6.45, 7) is 10.1. The molecular weight excluding hydrogens is 238 g/mol. The summed E-state index contributed by atoms with van der Waals surface area (Å²) in [4.78, 5) is 13.7. The molecule has 0 spiro atoms. The van der Waals surface area contributed by atoms with Crippen LogP contribution in [0.25, 0.3) is 0 Å². The number of aliphatic carboxylic acids is 1. The smallest absolute Gasteiger partial charge is 0.325 e. The number of benzene rings is 1. The van der Waals surface area contributed by atoms with Crippen molar-refractivity contribution >= 4 is 5.97 Å². The third-order valence-corrected chi connectivity index (χ3v) is 2.91. The topological polar surface area (TPSA) is 40.5 Å². The Kier molecular flexibility index (Phi) is 6.03. The average molecular weight is 263 g/mol. The van der Waals surface area contributed by atoms with E-state index in [-0.39, 0.29) is 0 Å². The van der Waals surface area contributed by atoms with Gasteiger partial charge in [-0.1, -0.05) is 58.0 Å². The second-order valence-corrected chi connectivity index (χ2v) is 5.89. The first-order valence-corrected chi connectivity index (χ1v) is 6.93. The van der Waals surface area contributed by atoms with Crippen LogP contribution < -0.4 is 0 Å². The molecule has 1 rings (SSSR count). The molecule has 3 nitrogen and oxygen atoms in total. The first kappa shape index (κ1) is 15.7. The zero-order chi connectivity index (χ0) is 14.4. The van der Waals surface area contributed by atoms with E-state index in [0.29, 0.717) is 11.8 Å². The third kappa shape index (κ3) is 5.03. The van der Waals surface area contributed by atoms with Gasteiger partial charge in [0.25, 0.3) is 0 Å². The van der Waals surface area contributed by atoms with E-state index in [1.165, 1.54) is 0 Å². The van der Waals surface area contributed by atoms with E-state index in [2.05, 4.69) is 32.6 Å². The molecule has 1 aromatic rings. The van der Waals surface area contributed by atoms with Crippen molar-refractivity contribution < 1.29 is 9.90 Å². The van der Waals surface area contributed by atoms with Crippen molar-refractivity contribution in [2.45, 2.75) is 33.7 Å². The van der Waals surface area contributed by atoms with E-state index in [1.807, 2.05) is 30.3 Å². The van der Waals surface area contributed by atoms with E-state index in [1.54, 1.807) is 0 Å². The second kappa shape index (κ2) is 7.29. The summed E-state index contributed by atoms with van der Waals surface area (Å²) in [6.07, 6.45) is 0. The monoisotopic (exact) mass is 263 g/mol. The van der Waals surface area contributed by atoms with Crippen LogP contribution in [0, 0.1) is 11.8 Å². The molecule has 0 aliphatic heterocycles. The highest BCUT2D eigenvalue weighted by molar-refractivity contribution is 5.75. The highest BCUT2D eigenvalue weighted by Crippen LogP contribution is 2.23. The van der Waals surface area contributed by atoms with Crippen LogP contribution >= 0.6 is 0 Å². The SMILES string of the molecule is CC(C)CN(CC(C)C)C(C(=O)O)c1ccccc1. The standard InChI is InChI=1S/C16H25NO2/c1-12(2)10-17(11-13(3)4)15(16(18)19)14-8-6-5-7-9-14/h5-9,12-13,15H,10-11H2,1-4H3,(H,18,19). The summed E-state index contributed by atoms with van der Waals surface area (Å²) in [5.74, 6) is 0.126. The number of nitrogens with zero attached hydrogens (tertiary/aromatic N) is 1. The molecule has 0 saturated carbocycles. The lowest BCUT2D eigenvalue weighted by molar-refractivity contribution is -0.144. The number of carboxylic acids is 1. The third-order valence-electron chi connectivity index (χ3n) is 2.91. The van der Waals surface area contributed by atoms with Crippen molar-refractivity contribution in [3.63, 3.8) is 0 Å². The lowest BCUT2D eigenvalue weighted by Gasteiger charge is -2.32. The Hall–Kier alpha value is -1.35. The molecule has 1 unspecified atom stereocenters. The van der Waals surface area contributed by atoms with Crippen LogP contribution in [0.5, 0.6) is 0 Å². The van der Waals surface area contributed by atoms with E-state index in [9.17, 15) is 9.90 Å². The van der Waals surface area contributed by atoms with Gasteiger partial charge in [-0.25, -0.2) is 0 Å². The number of rotatable bonds is 7. The molecule has 3 heteroatoms. The summed E-state index contributed by atoms with van der Waals surface area (Å²) in [7, 11) is 0. The number of hydrogen-bond donors (Lipinski definition) is 1. The van der Waals surface area contributed by atoms with Crippen LogP contribution in [-0.2, 0) is 4.79 Å². The molecule has 1 aromatic carbocycles. The van der Waals surface area contributed by atoms with Crippen LogP contribution in [-0.4, -0.2) is 29.1 Å². The lowest BCUT2D eigenvalue weighted by atomic mass is 10.0. The molecule has 0 radical (unpaired) electrons. The minimum atomic E-state index is -0.771. The quantitative estimate of drug-likeness (QED) is 0.819. The van der Waals surface area contributed by atoms with Gasteiger partial charge in [0.05, 0.1) is 0 Å². The van der Waals surface area contributed by atoms with E-state index in [4.69, 9.17) is 0 Å². The predicted molar refractivity (Wildman–Crippen MR) is 78.1 cm³/mol. The van der Waals surface area contributed by atoms with Crippen LogP contribution in [0.4, 0.5) is 0 Å². The second-order valence-electron chi connectivity index (χ2n) is 5.89. The molecule has 1 N–H and O–H groups in total. The fourth-order valence-corrected chi connectivity index (χ4v) is 2.37. The van der Waals surface area contributed by atoms with Crippen molar-refractivity contribution in [2.75, 3.05) is 13.1 Å². The van der Waals surface area contributed by atoms with Crippen LogP contribution in [0.1, 0.15) is 39.3 Å². The predicted octanol–water partition coefficient (Wildman–Crippen LogP) is 3.43. The van der Waals surface area contributed by atoms with Gasteiger partial charge < -0.3 is 5.11 Å². The fraction of sp³-hybridized carbons (Fsp3) is 0.562. The lowest BCUT2D eigenvalue weighted by Crippen LogP contribution is -2.39. The van der Waals surface area contributed by atoms with Gasteiger partial charge in [0.15, 0.2) is 0 Å². The Morgan fingerprint density at radius 3 is 1.89 bits per heavy atom. The number of carbonyl (C=O) groups is 1. The first-order chi connectivity index (χ1) is 8.91. The van der Waals surface area contributed by atoms with Gasteiger partial charge in [-0.05, 0) is 17.4 Å². The molecule has 0 aromatic heterocycles. The molecule has 1 atom stereocenters. The van der Waals surface area contributed by atoms with Crippen LogP contribution in [0.2, 0.25) is 0 Å². The summed E-state index contributed by atoms with van der Waals surface area (Å²) in [6, 6.07) is 8.95. The van der Waals surface area contributed by atoms with Crippen molar-refractivity contribution in [1.82, 2.24) is 4.90 Å². The van der Waals surface area contributed by atoms with E-state index < -0.39 is 12.0 Å². The maximum absolute atomic E-state index is 11.7. The van der Waals surface area contributed by atoms with Crippen molar-refractivity contribution in [3.8, 4) is 0 Å². The van der Waals surface area contributed by atoms with Gasteiger partial charge in [-0.15, -0.1) is 0 Å². The zero-order valence-electron chi connectivity index (χ0n) is 12.3. The van der Waals surface area contributed by atoms with E-state index >= 15 is 0 Å². The van der Waals surface area contributed by atoms with Crippen LogP contribution in [0.3, 0.4) is 0 Å². The van der Waals surface area contributed by atoms with E-state index in [0.717, 1.165) is 18.7 Å². The van der Waals surface area contributed by atoms with Gasteiger partial charge in [-0.3, -0.25) is 9.69 Å². The van der Waals surface area contributed by atoms with Crippen molar-refractivity contribution in [1.29, 1.82) is 0 Å². The molecule has 19 heavy (non-hydrogen) atoms. The first-order valence-electron chi connectivity index (χ1n) is 6.93. The Balaban J connectivity index is 3.01. The van der Waals surface area contributed by atoms with Gasteiger partial charge in [0.1, 0.15) is 6.04 Å². The Labute approximate surface area is 116 Å². The maximum atomic E-state index is 11.7. The summed E-state index contributed by atoms with van der Waals surface area (Å²) >= 11 is 0. The van der Waals surface area contributed by atoms with Crippen molar-refractivity contribution in [3.05, 3.63) is 35.9 Å². The number of hydrogen-bond acceptors (Lipinski definition) is 2. The number of carboxylic acid groups (broad SMARTS) is 1. The molecule has 0 aliphatic carbocycles. The summed E-state index contributed by atoms with van der Waals surface area (Å²) in [5, 5.41) is 9.58. The van der Waals surface area contributed by atoms with Crippen LogP contribution in [0.15, 0.2) is 30.3 Å². The Morgan fingerprint density at radius 1 is 1.05 bits per heavy atom. The molecule has 0 fully saturated rings. The summed E-state index contributed by atoms with van der Waals surface area (Å²) in [5.41, 5.74) is 0.858. The minimum Gasteiger partial charge on any atom is -0.480 e. The fourth-order valence-electron chi connectivity index (χ4n) is 2.37.